The molecule has 2 aromatic heterocycles. The van der Waals surface area contributed by atoms with E-state index >= 15 is 0 Å². The molecule has 0 saturated carbocycles. The second kappa shape index (κ2) is 4.45. The average Bonchev–Trinajstić information content (AvgIpc) is 2.88. The van der Waals surface area contributed by atoms with Crippen LogP contribution in [0.3, 0.4) is 0 Å². The Hall–Kier alpha value is -2.15. The van der Waals surface area contributed by atoms with E-state index in [4.69, 9.17) is 17.0 Å². The van der Waals surface area contributed by atoms with E-state index in [1.54, 1.807) is 21.4 Å². The summed E-state index contributed by atoms with van der Waals surface area (Å²) in [7, 11) is 3.26. The van der Waals surface area contributed by atoms with E-state index in [1.807, 2.05) is 14.0 Å². The molecule has 0 aliphatic rings. The number of methoxy groups -OCH3 is 1. The summed E-state index contributed by atoms with van der Waals surface area (Å²) in [5.74, 6) is -0.228. The van der Waals surface area contributed by atoms with Crippen LogP contribution in [-0.4, -0.2) is 26.4 Å². The molecule has 1 N–H and O–H groups in total. The number of hydrogen-bond acceptors (Lipinski definition) is 3. The van der Waals surface area contributed by atoms with Crippen molar-refractivity contribution in [2.45, 2.75) is 6.92 Å². The Labute approximate surface area is 119 Å². The van der Waals surface area contributed by atoms with Gasteiger partial charge in [0.25, 0.3) is 0 Å². The summed E-state index contributed by atoms with van der Waals surface area (Å²) in [4.78, 5) is 3.10. The van der Waals surface area contributed by atoms with Crippen molar-refractivity contribution in [3.8, 4) is 11.4 Å². The third-order valence-corrected chi connectivity index (χ3v) is 3.52. The van der Waals surface area contributed by atoms with Crippen LogP contribution in [0.2, 0.25) is 0 Å². The van der Waals surface area contributed by atoms with E-state index < -0.39 is 5.82 Å². The number of imidazole rings is 1. The van der Waals surface area contributed by atoms with Gasteiger partial charge in [-0.2, -0.15) is 5.10 Å². The molecular weight excluding hydrogens is 279 g/mol. The van der Waals surface area contributed by atoms with Crippen molar-refractivity contribution < 1.29 is 9.13 Å². The van der Waals surface area contributed by atoms with Gasteiger partial charge in [0.05, 0.1) is 18.5 Å². The number of H-pyrrole nitrogens is 1. The van der Waals surface area contributed by atoms with Crippen molar-refractivity contribution in [2.24, 2.45) is 7.05 Å². The van der Waals surface area contributed by atoms with Crippen molar-refractivity contribution in [1.29, 1.82) is 0 Å². The Kier molecular flexibility index (Phi) is 2.86. The highest BCUT2D eigenvalue weighted by Crippen LogP contribution is 2.25. The van der Waals surface area contributed by atoms with Gasteiger partial charge in [-0.15, -0.1) is 0 Å². The number of fused-ring (bicyclic) bond motifs is 1. The molecule has 0 bridgehead atoms. The second-order valence-electron chi connectivity index (χ2n) is 4.49. The zero-order valence-corrected chi connectivity index (χ0v) is 12.1. The summed E-state index contributed by atoms with van der Waals surface area (Å²) in [6, 6.07) is 4.73. The van der Waals surface area contributed by atoms with E-state index in [9.17, 15) is 4.39 Å². The van der Waals surface area contributed by atoms with Crippen LogP contribution in [0.15, 0.2) is 18.2 Å². The van der Waals surface area contributed by atoms with Crippen LogP contribution in [0.1, 0.15) is 5.69 Å². The molecule has 0 aliphatic heterocycles. The highest BCUT2D eigenvalue weighted by molar-refractivity contribution is 7.71. The van der Waals surface area contributed by atoms with Gasteiger partial charge in [-0.3, -0.25) is 4.57 Å². The normalized spacial score (nSPS) is 11.2. The first kappa shape index (κ1) is 12.9. The first-order chi connectivity index (χ1) is 9.52. The van der Waals surface area contributed by atoms with Crippen LogP contribution in [0.4, 0.5) is 4.39 Å². The lowest BCUT2D eigenvalue weighted by atomic mass is 10.3. The van der Waals surface area contributed by atoms with Crippen molar-refractivity contribution in [3.63, 3.8) is 0 Å². The molecule has 0 radical (unpaired) electrons. The van der Waals surface area contributed by atoms with Gasteiger partial charge in [0.2, 0.25) is 0 Å². The van der Waals surface area contributed by atoms with Gasteiger partial charge in [0.15, 0.2) is 22.0 Å². The number of nitrogens with one attached hydrogen (secondary N) is 1. The molecule has 104 valence electrons. The van der Waals surface area contributed by atoms with Gasteiger partial charge < -0.3 is 9.72 Å². The van der Waals surface area contributed by atoms with Gasteiger partial charge in [-0.1, -0.05) is 0 Å². The number of aromatic nitrogens is 4. The summed E-state index contributed by atoms with van der Waals surface area (Å²) < 4.78 is 22.8. The van der Waals surface area contributed by atoms with E-state index in [0.717, 1.165) is 16.9 Å². The molecule has 0 fully saturated rings. The Morgan fingerprint density at radius 2 is 2.15 bits per heavy atom. The van der Waals surface area contributed by atoms with Crippen molar-refractivity contribution in [2.75, 3.05) is 7.11 Å². The number of halogens is 1. The number of aromatic amines is 1. The van der Waals surface area contributed by atoms with E-state index in [-0.39, 0.29) is 5.75 Å². The van der Waals surface area contributed by atoms with Gasteiger partial charge in [-0.05, 0) is 31.3 Å². The molecule has 0 spiro atoms. The topological polar surface area (TPSA) is 47.8 Å². The summed E-state index contributed by atoms with van der Waals surface area (Å²) >= 11 is 5.33. The third-order valence-electron chi connectivity index (χ3n) is 3.23. The Morgan fingerprint density at radius 1 is 1.40 bits per heavy atom. The molecule has 2 heterocycles. The molecule has 3 aromatic rings. The fourth-order valence-corrected chi connectivity index (χ4v) is 2.64. The predicted molar refractivity (Wildman–Crippen MR) is 76.5 cm³/mol. The number of aryl methyl sites for hydroxylation is 2. The lowest BCUT2D eigenvalue weighted by Gasteiger charge is -2.07. The molecule has 1 aromatic carbocycles. The van der Waals surface area contributed by atoms with Crippen LogP contribution in [-0.2, 0) is 7.05 Å². The monoisotopic (exact) mass is 292 g/mol. The fraction of sp³-hybridized carbons (Fsp3) is 0.231. The summed E-state index contributed by atoms with van der Waals surface area (Å²) in [6.45, 7) is 1.90. The molecule has 0 aliphatic carbocycles. The fourth-order valence-electron chi connectivity index (χ4n) is 2.34. The van der Waals surface area contributed by atoms with E-state index in [2.05, 4.69) is 10.1 Å². The second-order valence-corrected chi connectivity index (χ2v) is 4.88. The number of ether oxygens (including phenoxy) is 1. The van der Waals surface area contributed by atoms with Crippen molar-refractivity contribution in [3.05, 3.63) is 34.5 Å². The minimum Gasteiger partial charge on any atom is -0.494 e. The molecule has 3 rings (SSSR count). The highest BCUT2D eigenvalue weighted by Gasteiger charge is 2.15. The molecule has 0 saturated heterocycles. The maximum atomic E-state index is 13.9. The molecule has 20 heavy (non-hydrogen) atoms. The Morgan fingerprint density at radius 3 is 2.80 bits per heavy atom. The van der Waals surface area contributed by atoms with E-state index in [0.29, 0.717) is 10.5 Å². The molecule has 0 atom stereocenters. The predicted octanol–water partition coefficient (Wildman–Crippen LogP) is 2.88. The quantitative estimate of drug-likeness (QED) is 0.739. The lowest BCUT2D eigenvalue weighted by molar-refractivity contribution is 0.386. The summed E-state index contributed by atoms with van der Waals surface area (Å²) in [5, 5.41) is 4.33. The van der Waals surface area contributed by atoms with Crippen molar-refractivity contribution >= 4 is 23.4 Å². The van der Waals surface area contributed by atoms with Gasteiger partial charge >= 0.3 is 0 Å². The van der Waals surface area contributed by atoms with Gasteiger partial charge in [0.1, 0.15) is 5.52 Å². The minimum absolute atomic E-state index is 0.202. The number of benzene rings is 1. The number of hydrogen-bond donors (Lipinski definition) is 1. The molecular formula is C13H13FN4OS. The summed E-state index contributed by atoms with van der Waals surface area (Å²) in [6.07, 6.45) is 0. The minimum atomic E-state index is -0.430. The van der Waals surface area contributed by atoms with Crippen LogP contribution in [0, 0.1) is 17.5 Å². The summed E-state index contributed by atoms with van der Waals surface area (Å²) in [5.41, 5.74) is 3.13. The molecule has 0 unspecified atom stereocenters. The van der Waals surface area contributed by atoms with E-state index in [1.165, 1.54) is 13.2 Å². The Balaban J connectivity index is 2.32. The van der Waals surface area contributed by atoms with Gasteiger partial charge in [-0.25, -0.2) is 9.07 Å². The zero-order chi connectivity index (χ0) is 14.4. The smallest absolute Gasteiger partial charge is 0.184 e. The van der Waals surface area contributed by atoms with Crippen LogP contribution in [0.25, 0.3) is 16.9 Å². The number of nitrogens with zero attached hydrogens (tertiary/aromatic N) is 3. The van der Waals surface area contributed by atoms with Crippen LogP contribution < -0.4 is 4.74 Å². The molecule has 0 amide bonds. The molecule has 7 heteroatoms. The lowest BCUT2D eigenvalue weighted by Crippen LogP contribution is -2.01. The Bertz CT molecular complexity index is 861. The highest BCUT2D eigenvalue weighted by atomic mass is 32.1. The zero-order valence-electron chi connectivity index (χ0n) is 11.3. The SMILES string of the molecule is COc1ccc(-n2c(=S)[nH]c3c(C)nn(C)c32)cc1F. The maximum absolute atomic E-state index is 13.9. The van der Waals surface area contributed by atoms with Crippen LogP contribution >= 0.6 is 12.2 Å². The average molecular weight is 292 g/mol. The first-order valence-electron chi connectivity index (χ1n) is 6.01. The largest absolute Gasteiger partial charge is 0.494 e. The maximum Gasteiger partial charge on any atom is 0.184 e. The first-order valence-corrected chi connectivity index (χ1v) is 6.42. The van der Waals surface area contributed by atoms with Crippen molar-refractivity contribution in [1.82, 2.24) is 19.3 Å². The van der Waals surface area contributed by atoms with Crippen LogP contribution in [0.5, 0.6) is 5.75 Å². The van der Waals surface area contributed by atoms with Gasteiger partial charge in [0, 0.05) is 13.1 Å². The molecule has 5 nitrogen and oxygen atoms in total. The third kappa shape index (κ3) is 1.74. The standard InChI is InChI=1S/C13H13FN4OS/c1-7-11-12(17(2)16-7)18(13(20)15-11)8-4-5-10(19-3)9(14)6-8/h4-6H,1-3H3,(H,15,20). The number of rotatable bonds is 2.